The van der Waals surface area contributed by atoms with Gasteiger partial charge in [0.15, 0.2) is 5.88 Å². The molecule has 2 aliphatic heterocycles. The topological polar surface area (TPSA) is 51.2 Å². The van der Waals surface area contributed by atoms with Gasteiger partial charge in [0, 0.05) is 31.7 Å². The normalized spacial score (nSPS) is 28.5. The summed E-state index contributed by atoms with van der Waals surface area (Å²) in [6, 6.07) is 6.70. The van der Waals surface area contributed by atoms with Gasteiger partial charge >= 0.3 is 0 Å². The second kappa shape index (κ2) is 10.4. The Kier molecular flexibility index (Phi) is 7.70. The van der Waals surface area contributed by atoms with Gasteiger partial charge in [0.25, 0.3) is 5.91 Å². The lowest BCUT2D eigenvalue weighted by molar-refractivity contribution is -0.0911. The molecular formula is C29H44N2O4. The molecule has 0 radical (unpaired) electrons. The Morgan fingerprint density at radius 2 is 1.57 bits per heavy atom. The molecule has 2 saturated heterocycles. The first-order chi connectivity index (χ1) is 16.5. The molecule has 1 saturated carbocycles. The van der Waals surface area contributed by atoms with Gasteiger partial charge in [0.1, 0.15) is 11.4 Å². The van der Waals surface area contributed by atoms with E-state index in [4.69, 9.17) is 14.2 Å². The van der Waals surface area contributed by atoms with E-state index in [9.17, 15) is 4.79 Å². The standard InChI is InChI=1S/C29H44N2O4/c1-19-16-21(28(32)30(6)7)8-15-27(19)34-25-13-11-24(12-14-25)33-26-17-22-9-10-23(18-26)31(22)20(2)35-29(3,4)5/h8,15-16,22-26H,2,9-14,17-18H2,1,3-7H3/t22-,23+,24-,25-,26-. The van der Waals surface area contributed by atoms with Crippen molar-refractivity contribution in [3.63, 3.8) is 0 Å². The molecule has 3 atom stereocenters. The van der Waals surface area contributed by atoms with Crippen LogP contribution in [-0.4, -0.2) is 65.8 Å². The summed E-state index contributed by atoms with van der Waals surface area (Å²) < 4.78 is 19.1. The number of benzene rings is 1. The minimum atomic E-state index is -0.213. The van der Waals surface area contributed by atoms with Crippen molar-refractivity contribution in [1.82, 2.24) is 9.80 Å². The predicted octanol–water partition coefficient (Wildman–Crippen LogP) is 5.69. The third-order valence-corrected chi connectivity index (χ3v) is 7.53. The minimum Gasteiger partial charge on any atom is -0.490 e. The average Bonchev–Trinajstić information content (AvgIpc) is 3.05. The van der Waals surface area contributed by atoms with Gasteiger partial charge < -0.3 is 24.0 Å². The molecule has 0 unspecified atom stereocenters. The van der Waals surface area contributed by atoms with Crippen LogP contribution in [0.1, 0.15) is 88.1 Å². The van der Waals surface area contributed by atoms with Gasteiger partial charge in [-0.05, 0) is 109 Å². The van der Waals surface area contributed by atoms with E-state index in [1.54, 1.807) is 19.0 Å². The maximum Gasteiger partial charge on any atom is 0.253 e. The Hall–Kier alpha value is -2.21. The quantitative estimate of drug-likeness (QED) is 0.466. The molecule has 2 heterocycles. The Balaban J connectivity index is 1.24. The van der Waals surface area contributed by atoms with Gasteiger partial charge in [-0.15, -0.1) is 0 Å². The van der Waals surface area contributed by atoms with Crippen molar-refractivity contribution < 1.29 is 19.0 Å². The van der Waals surface area contributed by atoms with Gasteiger partial charge in [-0.25, -0.2) is 0 Å². The summed E-state index contributed by atoms with van der Waals surface area (Å²) in [5, 5.41) is 0. The van der Waals surface area contributed by atoms with Gasteiger partial charge in [0.2, 0.25) is 0 Å². The lowest BCUT2D eigenvalue weighted by atomic mass is 9.93. The predicted molar refractivity (Wildman–Crippen MR) is 139 cm³/mol. The molecule has 1 aromatic carbocycles. The highest BCUT2D eigenvalue weighted by Crippen LogP contribution is 2.41. The summed E-state index contributed by atoms with van der Waals surface area (Å²) in [5.41, 5.74) is 1.50. The molecule has 6 nitrogen and oxygen atoms in total. The second-order valence-corrected chi connectivity index (χ2v) is 11.8. The molecule has 0 N–H and O–H groups in total. The largest absolute Gasteiger partial charge is 0.490 e. The van der Waals surface area contributed by atoms with Crippen LogP contribution < -0.4 is 4.74 Å². The summed E-state index contributed by atoms with van der Waals surface area (Å²) >= 11 is 0. The monoisotopic (exact) mass is 484 g/mol. The highest BCUT2D eigenvalue weighted by molar-refractivity contribution is 5.94. The van der Waals surface area contributed by atoms with E-state index in [1.807, 2.05) is 25.1 Å². The van der Waals surface area contributed by atoms with Crippen LogP contribution in [0.3, 0.4) is 0 Å². The second-order valence-electron chi connectivity index (χ2n) is 11.8. The van der Waals surface area contributed by atoms with E-state index in [-0.39, 0.29) is 17.6 Å². The number of fused-ring (bicyclic) bond motifs is 2. The Morgan fingerprint density at radius 1 is 0.971 bits per heavy atom. The summed E-state index contributed by atoms with van der Waals surface area (Å²) in [5.74, 6) is 1.73. The molecule has 0 aromatic heterocycles. The van der Waals surface area contributed by atoms with Gasteiger partial charge in [0.05, 0.1) is 18.3 Å². The zero-order valence-corrected chi connectivity index (χ0v) is 22.5. The van der Waals surface area contributed by atoms with Gasteiger partial charge in [-0.2, -0.15) is 0 Å². The first-order valence-electron chi connectivity index (χ1n) is 13.3. The Bertz CT molecular complexity index is 900. The molecule has 3 aliphatic rings. The van der Waals surface area contributed by atoms with E-state index in [2.05, 4.69) is 32.3 Å². The maximum absolute atomic E-state index is 12.2. The fourth-order valence-electron chi connectivity index (χ4n) is 5.96. The van der Waals surface area contributed by atoms with Crippen molar-refractivity contribution in [1.29, 1.82) is 0 Å². The number of hydrogen-bond acceptors (Lipinski definition) is 5. The van der Waals surface area contributed by atoms with E-state index >= 15 is 0 Å². The van der Waals surface area contributed by atoms with Crippen molar-refractivity contribution in [3.05, 3.63) is 41.8 Å². The SMILES string of the molecule is C=C(OC(C)(C)C)N1[C@@H]2CC[C@H]1C[C@H](O[C@H]1CC[C@H](Oc3ccc(C(=O)N(C)C)cc3C)CC1)C2. The van der Waals surface area contributed by atoms with Crippen molar-refractivity contribution in [2.24, 2.45) is 0 Å². The van der Waals surface area contributed by atoms with Crippen LogP contribution >= 0.6 is 0 Å². The lowest BCUT2D eigenvalue weighted by Gasteiger charge is -2.43. The van der Waals surface area contributed by atoms with E-state index in [0.29, 0.717) is 29.9 Å². The molecule has 3 fully saturated rings. The van der Waals surface area contributed by atoms with Crippen LogP contribution in [-0.2, 0) is 9.47 Å². The van der Waals surface area contributed by atoms with Crippen molar-refractivity contribution >= 4 is 5.91 Å². The molecular weight excluding hydrogens is 440 g/mol. The zero-order valence-electron chi connectivity index (χ0n) is 22.5. The molecule has 1 aromatic rings. The number of rotatable bonds is 7. The van der Waals surface area contributed by atoms with E-state index in [1.165, 1.54) is 12.8 Å². The van der Waals surface area contributed by atoms with Crippen LogP contribution in [0, 0.1) is 6.92 Å². The first kappa shape index (κ1) is 25.9. The van der Waals surface area contributed by atoms with Crippen molar-refractivity contribution in [3.8, 4) is 5.75 Å². The van der Waals surface area contributed by atoms with Crippen LogP contribution in [0.5, 0.6) is 5.75 Å². The van der Waals surface area contributed by atoms with Crippen molar-refractivity contribution in [2.75, 3.05) is 14.1 Å². The smallest absolute Gasteiger partial charge is 0.253 e. The summed E-state index contributed by atoms with van der Waals surface area (Å²) in [6.45, 7) is 12.5. The number of carbonyl (C=O) groups is 1. The number of nitrogens with zero attached hydrogens (tertiary/aromatic N) is 2. The van der Waals surface area contributed by atoms with Gasteiger partial charge in [-0.3, -0.25) is 4.79 Å². The number of piperidine rings is 1. The number of carbonyl (C=O) groups excluding carboxylic acids is 1. The van der Waals surface area contributed by atoms with Crippen LogP contribution in [0.15, 0.2) is 30.7 Å². The number of hydrogen-bond donors (Lipinski definition) is 0. The van der Waals surface area contributed by atoms with Gasteiger partial charge in [-0.1, -0.05) is 0 Å². The van der Waals surface area contributed by atoms with Crippen LogP contribution in [0.4, 0.5) is 0 Å². The highest BCUT2D eigenvalue weighted by atomic mass is 16.5. The first-order valence-corrected chi connectivity index (χ1v) is 13.3. The Morgan fingerprint density at radius 3 is 2.11 bits per heavy atom. The average molecular weight is 485 g/mol. The highest BCUT2D eigenvalue weighted by Gasteiger charge is 2.43. The molecule has 6 heteroatoms. The van der Waals surface area contributed by atoms with E-state index < -0.39 is 0 Å². The molecule has 2 bridgehead atoms. The molecule has 1 aliphatic carbocycles. The minimum absolute atomic E-state index is 0.0163. The van der Waals surface area contributed by atoms with E-state index in [0.717, 1.165) is 55.7 Å². The Labute approximate surface area is 211 Å². The third-order valence-electron chi connectivity index (χ3n) is 7.53. The maximum atomic E-state index is 12.2. The summed E-state index contributed by atoms with van der Waals surface area (Å²) in [7, 11) is 3.55. The number of aryl methyl sites for hydroxylation is 1. The fourth-order valence-corrected chi connectivity index (χ4v) is 5.96. The zero-order chi connectivity index (χ0) is 25.3. The van der Waals surface area contributed by atoms with Crippen LogP contribution in [0.2, 0.25) is 0 Å². The summed E-state index contributed by atoms with van der Waals surface area (Å²) in [6.07, 6.45) is 9.49. The molecule has 0 spiro atoms. The molecule has 194 valence electrons. The number of amides is 1. The molecule has 1 amide bonds. The fraction of sp³-hybridized carbons (Fsp3) is 0.690. The molecule has 4 rings (SSSR count). The lowest BCUT2D eigenvalue weighted by Crippen LogP contribution is -2.47. The molecule has 35 heavy (non-hydrogen) atoms. The van der Waals surface area contributed by atoms with Crippen molar-refractivity contribution in [2.45, 2.75) is 115 Å². The summed E-state index contributed by atoms with van der Waals surface area (Å²) in [4.78, 5) is 16.2. The number of ether oxygens (including phenoxy) is 3. The van der Waals surface area contributed by atoms with Crippen LogP contribution in [0.25, 0.3) is 0 Å². The third kappa shape index (κ3) is 6.32.